The van der Waals surface area contributed by atoms with E-state index >= 15 is 0 Å². The molecule has 0 aliphatic carbocycles. The molecule has 0 spiro atoms. The summed E-state index contributed by atoms with van der Waals surface area (Å²) in [7, 11) is 0. The predicted octanol–water partition coefficient (Wildman–Crippen LogP) is 6.71. The maximum atomic E-state index is 12.4. The molecule has 4 aromatic carbocycles. The highest BCUT2D eigenvalue weighted by Crippen LogP contribution is 2.23. The van der Waals surface area contributed by atoms with E-state index in [0.717, 1.165) is 5.56 Å². The van der Waals surface area contributed by atoms with Crippen LogP contribution in [0.5, 0.6) is 17.2 Å². The molecule has 0 fully saturated rings. The van der Waals surface area contributed by atoms with E-state index in [1.807, 2.05) is 30.3 Å². The van der Waals surface area contributed by atoms with Crippen LogP contribution < -0.4 is 19.6 Å². The Balaban J connectivity index is 1.26. The maximum Gasteiger partial charge on any atom is 0.345 e. The third-order valence-electron chi connectivity index (χ3n) is 5.36. The molecule has 1 atom stereocenters. The standard InChI is InChI=1S/C30H24Cl2N2O5/c1-20(38-25-13-11-24(12-14-25)37-19-21-6-3-2-4-7-21)29(35)34-33-18-22-8-5-9-26(16-22)39-30(36)27-15-10-23(31)17-28(27)32/h2-18,20H,19H2,1H3,(H,34,35)/b33-18-/t20-/m1/s1. The number of halogens is 2. The van der Waals surface area contributed by atoms with Crippen LogP contribution in [0.25, 0.3) is 0 Å². The Hall–Kier alpha value is -4.33. The van der Waals surface area contributed by atoms with E-state index in [4.69, 9.17) is 37.4 Å². The van der Waals surface area contributed by atoms with Crippen molar-refractivity contribution in [3.63, 3.8) is 0 Å². The van der Waals surface area contributed by atoms with Crippen LogP contribution in [0.1, 0.15) is 28.4 Å². The average Bonchev–Trinajstić information content (AvgIpc) is 2.93. The van der Waals surface area contributed by atoms with E-state index in [0.29, 0.717) is 28.7 Å². The molecule has 1 N–H and O–H groups in total. The van der Waals surface area contributed by atoms with E-state index in [2.05, 4.69) is 10.5 Å². The molecule has 0 aliphatic heterocycles. The lowest BCUT2D eigenvalue weighted by atomic mass is 10.2. The van der Waals surface area contributed by atoms with Gasteiger partial charge in [0.25, 0.3) is 5.91 Å². The van der Waals surface area contributed by atoms with Gasteiger partial charge in [0.2, 0.25) is 0 Å². The lowest BCUT2D eigenvalue weighted by Gasteiger charge is -2.13. The number of hydrogen-bond donors (Lipinski definition) is 1. The Labute approximate surface area is 235 Å². The molecule has 4 rings (SSSR count). The Morgan fingerprint density at radius 1 is 0.872 bits per heavy atom. The third-order valence-corrected chi connectivity index (χ3v) is 5.91. The van der Waals surface area contributed by atoms with E-state index in [1.165, 1.54) is 18.3 Å². The fourth-order valence-electron chi connectivity index (χ4n) is 3.35. The summed E-state index contributed by atoms with van der Waals surface area (Å²) in [4.78, 5) is 24.9. The molecular weight excluding hydrogens is 539 g/mol. The number of rotatable bonds is 10. The molecule has 0 saturated carbocycles. The van der Waals surface area contributed by atoms with Gasteiger partial charge >= 0.3 is 5.97 Å². The van der Waals surface area contributed by atoms with E-state index in [1.54, 1.807) is 61.5 Å². The molecule has 0 aliphatic rings. The van der Waals surface area contributed by atoms with Gasteiger partial charge in [0.1, 0.15) is 23.9 Å². The van der Waals surface area contributed by atoms with Crippen molar-refractivity contribution in [2.75, 3.05) is 0 Å². The second-order valence-corrected chi connectivity index (χ2v) is 9.17. The van der Waals surface area contributed by atoms with Crippen molar-refractivity contribution in [3.8, 4) is 17.2 Å². The van der Waals surface area contributed by atoms with Gasteiger partial charge in [-0.1, -0.05) is 65.7 Å². The SMILES string of the molecule is C[C@@H](Oc1ccc(OCc2ccccc2)cc1)C(=O)N/N=C\c1cccc(OC(=O)c2ccc(Cl)cc2Cl)c1. The largest absolute Gasteiger partial charge is 0.489 e. The summed E-state index contributed by atoms with van der Waals surface area (Å²) >= 11 is 11.9. The summed E-state index contributed by atoms with van der Waals surface area (Å²) in [5, 5.41) is 4.58. The summed E-state index contributed by atoms with van der Waals surface area (Å²) < 4.78 is 16.9. The van der Waals surface area contributed by atoms with E-state index < -0.39 is 18.0 Å². The lowest BCUT2D eigenvalue weighted by molar-refractivity contribution is -0.127. The monoisotopic (exact) mass is 562 g/mol. The Kier molecular flexibility index (Phi) is 9.56. The third kappa shape index (κ3) is 8.33. The fourth-order valence-corrected chi connectivity index (χ4v) is 3.84. The smallest absolute Gasteiger partial charge is 0.345 e. The summed E-state index contributed by atoms with van der Waals surface area (Å²) in [6.07, 6.45) is 0.630. The van der Waals surface area contributed by atoms with Gasteiger partial charge in [-0.05, 0) is 72.6 Å². The number of nitrogens with zero attached hydrogens (tertiary/aromatic N) is 1. The van der Waals surface area contributed by atoms with Crippen LogP contribution in [0.2, 0.25) is 10.0 Å². The van der Waals surface area contributed by atoms with Crippen LogP contribution in [-0.4, -0.2) is 24.2 Å². The maximum absolute atomic E-state index is 12.4. The van der Waals surface area contributed by atoms with Crippen LogP contribution in [-0.2, 0) is 11.4 Å². The number of carbonyl (C=O) groups is 2. The summed E-state index contributed by atoms with van der Waals surface area (Å²) in [6, 6.07) is 28.0. The molecule has 0 radical (unpaired) electrons. The number of ether oxygens (including phenoxy) is 3. The van der Waals surface area contributed by atoms with Gasteiger partial charge in [-0.15, -0.1) is 0 Å². The van der Waals surface area contributed by atoms with Crippen molar-refractivity contribution in [2.45, 2.75) is 19.6 Å². The highest BCUT2D eigenvalue weighted by atomic mass is 35.5. The van der Waals surface area contributed by atoms with Crippen molar-refractivity contribution in [1.82, 2.24) is 5.43 Å². The zero-order chi connectivity index (χ0) is 27.6. The van der Waals surface area contributed by atoms with Crippen molar-refractivity contribution >= 4 is 41.3 Å². The second kappa shape index (κ2) is 13.5. The fraction of sp³-hybridized carbons (Fsp3) is 0.100. The molecule has 4 aromatic rings. The molecular formula is C30H24Cl2N2O5. The molecule has 0 heterocycles. The zero-order valence-corrected chi connectivity index (χ0v) is 22.4. The molecule has 1 amide bonds. The summed E-state index contributed by atoms with van der Waals surface area (Å²) in [5.74, 6) is 0.437. The van der Waals surface area contributed by atoms with Gasteiger partial charge in [0, 0.05) is 5.02 Å². The number of nitrogens with one attached hydrogen (secondary N) is 1. The van der Waals surface area contributed by atoms with E-state index in [9.17, 15) is 9.59 Å². The molecule has 0 bridgehead atoms. The highest BCUT2D eigenvalue weighted by molar-refractivity contribution is 6.36. The Morgan fingerprint density at radius 3 is 2.36 bits per heavy atom. The van der Waals surface area contributed by atoms with Gasteiger partial charge in [0.05, 0.1) is 16.8 Å². The Bertz CT molecular complexity index is 1460. The summed E-state index contributed by atoms with van der Waals surface area (Å²) in [5.41, 5.74) is 4.30. The summed E-state index contributed by atoms with van der Waals surface area (Å²) in [6.45, 7) is 2.08. The van der Waals surface area contributed by atoms with Crippen LogP contribution in [0, 0.1) is 0 Å². The molecule has 9 heteroatoms. The molecule has 7 nitrogen and oxygen atoms in total. The lowest BCUT2D eigenvalue weighted by Crippen LogP contribution is -2.33. The normalized spacial score (nSPS) is 11.6. The predicted molar refractivity (Wildman–Crippen MR) is 151 cm³/mol. The first-order valence-corrected chi connectivity index (χ1v) is 12.7. The first kappa shape index (κ1) is 27.7. The number of esters is 1. The van der Waals surface area contributed by atoms with Gasteiger partial charge in [-0.2, -0.15) is 5.10 Å². The van der Waals surface area contributed by atoms with Crippen LogP contribution >= 0.6 is 23.2 Å². The number of carbonyl (C=O) groups excluding carboxylic acids is 2. The number of hydrogen-bond acceptors (Lipinski definition) is 6. The zero-order valence-electron chi connectivity index (χ0n) is 20.8. The Morgan fingerprint density at radius 2 is 1.62 bits per heavy atom. The number of hydrazone groups is 1. The first-order valence-electron chi connectivity index (χ1n) is 11.9. The quantitative estimate of drug-likeness (QED) is 0.100. The first-order chi connectivity index (χ1) is 18.9. The molecule has 0 aromatic heterocycles. The van der Waals surface area contributed by atoms with Crippen molar-refractivity contribution in [2.24, 2.45) is 5.10 Å². The number of amides is 1. The topological polar surface area (TPSA) is 86.2 Å². The highest BCUT2D eigenvalue weighted by Gasteiger charge is 2.15. The van der Waals surface area contributed by atoms with Crippen LogP contribution in [0.15, 0.2) is 102 Å². The minimum Gasteiger partial charge on any atom is -0.489 e. The molecule has 0 unspecified atom stereocenters. The number of benzene rings is 4. The van der Waals surface area contributed by atoms with Gasteiger partial charge in [0.15, 0.2) is 6.10 Å². The second-order valence-electron chi connectivity index (χ2n) is 8.33. The van der Waals surface area contributed by atoms with Gasteiger partial charge < -0.3 is 14.2 Å². The molecule has 39 heavy (non-hydrogen) atoms. The van der Waals surface area contributed by atoms with Crippen LogP contribution in [0.4, 0.5) is 0 Å². The van der Waals surface area contributed by atoms with Crippen molar-refractivity contribution < 1.29 is 23.8 Å². The molecule has 0 saturated heterocycles. The molecule has 198 valence electrons. The van der Waals surface area contributed by atoms with Crippen molar-refractivity contribution in [1.29, 1.82) is 0 Å². The van der Waals surface area contributed by atoms with Gasteiger partial charge in [-0.3, -0.25) is 4.79 Å². The minimum absolute atomic E-state index is 0.190. The average molecular weight is 563 g/mol. The van der Waals surface area contributed by atoms with E-state index in [-0.39, 0.29) is 16.3 Å². The van der Waals surface area contributed by atoms with Crippen molar-refractivity contribution in [3.05, 3.63) is 124 Å². The van der Waals surface area contributed by atoms with Crippen LogP contribution in [0.3, 0.4) is 0 Å². The van der Waals surface area contributed by atoms with Gasteiger partial charge in [-0.25, -0.2) is 10.2 Å². The minimum atomic E-state index is -0.797.